The van der Waals surface area contributed by atoms with E-state index in [2.05, 4.69) is 39.3 Å². The maximum Gasteiger partial charge on any atom is 0.355 e. The number of rotatable bonds is 6. The van der Waals surface area contributed by atoms with Crippen molar-refractivity contribution in [3.05, 3.63) is 40.6 Å². The summed E-state index contributed by atoms with van der Waals surface area (Å²) in [7, 11) is 0. The van der Waals surface area contributed by atoms with Crippen LogP contribution in [0.1, 0.15) is 101 Å². The molecule has 2 heterocycles. The van der Waals surface area contributed by atoms with E-state index in [1.54, 1.807) is 0 Å². The molecule has 2 rings (SSSR count). The third-order valence-corrected chi connectivity index (χ3v) is 5.44. The maximum atomic E-state index is 12.7. The van der Waals surface area contributed by atoms with Gasteiger partial charge in [0.05, 0.1) is 0 Å². The highest BCUT2D eigenvalue weighted by molar-refractivity contribution is 5.91. The Morgan fingerprint density at radius 2 is 1.79 bits per heavy atom. The summed E-state index contributed by atoms with van der Waals surface area (Å²) in [6.07, 6.45) is 5.16. The molecule has 0 bridgehead atoms. The Morgan fingerprint density at radius 3 is 2.29 bits per heavy atom. The van der Waals surface area contributed by atoms with Crippen LogP contribution in [0.3, 0.4) is 0 Å². The monoisotopic (exact) mass is 387 g/mol. The summed E-state index contributed by atoms with van der Waals surface area (Å²) in [4.78, 5) is 16.1. The van der Waals surface area contributed by atoms with E-state index in [1.165, 1.54) is 6.42 Å². The lowest BCUT2D eigenvalue weighted by molar-refractivity contribution is 0.00627. The van der Waals surface area contributed by atoms with Crippen molar-refractivity contribution in [3.63, 3.8) is 0 Å². The van der Waals surface area contributed by atoms with Crippen molar-refractivity contribution in [3.8, 4) is 0 Å². The first-order chi connectivity index (χ1) is 12.9. The number of aromatic nitrogens is 1. The van der Waals surface area contributed by atoms with Crippen LogP contribution in [-0.4, -0.2) is 16.6 Å². The molecule has 4 nitrogen and oxygen atoms in total. The van der Waals surface area contributed by atoms with E-state index in [4.69, 9.17) is 9.47 Å². The minimum atomic E-state index is -0.526. The number of carbonyl (C=O) groups is 1. The summed E-state index contributed by atoms with van der Waals surface area (Å²) in [5.41, 5.74) is 4.11. The van der Waals surface area contributed by atoms with Gasteiger partial charge >= 0.3 is 5.97 Å². The summed E-state index contributed by atoms with van der Waals surface area (Å²) in [5, 5.41) is 0. The van der Waals surface area contributed by atoms with Gasteiger partial charge < -0.3 is 14.5 Å². The summed E-state index contributed by atoms with van der Waals surface area (Å²) in [5.74, 6) is 1.48. The molecule has 1 fully saturated rings. The van der Waals surface area contributed by atoms with Crippen LogP contribution in [-0.2, 0) is 9.47 Å². The highest BCUT2D eigenvalue weighted by Gasteiger charge is 2.36. The van der Waals surface area contributed by atoms with Crippen molar-refractivity contribution >= 4 is 11.5 Å². The maximum absolute atomic E-state index is 12.7. The molecular formula is C24H37NO3. The Kier molecular flexibility index (Phi) is 6.52. The number of allylic oxidation sites excluding steroid dienone is 3. The van der Waals surface area contributed by atoms with Crippen molar-refractivity contribution in [2.24, 2.45) is 5.41 Å². The lowest BCUT2D eigenvalue weighted by atomic mass is 9.87. The van der Waals surface area contributed by atoms with Gasteiger partial charge in [-0.05, 0) is 58.6 Å². The van der Waals surface area contributed by atoms with Gasteiger partial charge in [-0.25, -0.2) is 4.79 Å². The van der Waals surface area contributed by atoms with Crippen LogP contribution in [0, 0.1) is 19.3 Å². The average Bonchev–Trinajstić information content (AvgIpc) is 3.00. The molecule has 0 saturated carbocycles. The molecule has 1 aliphatic rings. The second kappa shape index (κ2) is 8.18. The molecule has 0 aromatic carbocycles. The quantitative estimate of drug-likeness (QED) is 0.429. The number of esters is 1. The summed E-state index contributed by atoms with van der Waals surface area (Å²) in [6.45, 7) is 20.3. The number of ether oxygens (including phenoxy) is 2. The predicted octanol–water partition coefficient (Wildman–Crippen LogP) is 6.84. The summed E-state index contributed by atoms with van der Waals surface area (Å²) < 4.78 is 11.7. The SMILES string of the molecule is C=C1O/C(=C(\CCCCC)c2[nH]c(C(=O)OC(C)(C)C)c(C)c2C)CC1(C)C. The Balaban J connectivity index is 2.48. The number of aromatic amines is 1. The van der Waals surface area contributed by atoms with Gasteiger partial charge in [-0.3, -0.25) is 0 Å². The topological polar surface area (TPSA) is 51.3 Å². The fourth-order valence-corrected chi connectivity index (χ4v) is 3.47. The van der Waals surface area contributed by atoms with Gasteiger partial charge in [0.15, 0.2) is 0 Å². The van der Waals surface area contributed by atoms with Crippen LogP contribution in [0.4, 0.5) is 0 Å². The first-order valence-corrected chi connectivity index (χ1v) is 10.4. The van der Waals surface area contributed by atoms with Gasteiger partial charge in [-0.15, -0.1) is 0 Å². The smallest absolute Gasteiger partial charge is 0.355 e. The van der Waals surface area contributed by atoms with Crippen LogP contribution >= 0.6 is 0 Å². The second-order valence-corrected chi connectivity index (χ2v) is 9.57. The molecule has 1 aliphatic heterocycles. The molecule has 0 unspecified atom stereocenters. The Hall–Kier alpha value is -1.97. The molecule has 1 N–H and O–H groups in total. The Labute approximate surface area is 170 Å². The molecule has 4 heteroatoms. The first kappa shape index (κ1) is 22.3. The van der Waals surface area contributed by atoms with Crippen molar-refractivity contribution in [2.45, 2.75) is 93.1 Å². The van der Waals surface area contributed by atoms with Crippen LogP contribution < -0.4 is 0 Å². The van der Waals surface area contributed by atoms with Gasteiger partial charge in [0.25, 0.3) is 0 Å². The molecule has 1 aromatic rings. The van der Waals surface area contributed by atoms with Gasteiger partial charge in [0.2, 0.25) is 0 Å². The minimum Gasteiger partial charge on any atom is -0.466 e. The summed E-state index contributed by atoms with van der Waals surface area (Å²) in [6, 6.07) is 0. The van der Waals surface area contributed by atoms with E-state index < -0.39 is 5.60 Å². The highest BCUT2D eigenvalue weighted by atomic mass is 16.6. The van der Waals surface area contributed by atoms with E-state index >= 15 is 0 Å². The summed E-state index contributed by atoms with van der Waals surface area (Å²) >= 11 is 0. The number of nitrogens with one attached hydrogen (secondary N) is 1. The van der Waals surface area contributed by atoms with Gasteiger partial charge in [-0.2, -0.15) is 0 Å². The number of carbonyl (C=O) groups excluding carboxylic acids is 1. The van der Waals surface area contributed by atoms with Crippen LogP contribution in [0.25, 0.3) is 5.57 Å². The lowest BCUT2D eigenvalue weighted by Crippen LogP contribution is -2.24. The molecule has 0 amide bonds. The Morgan fingerprint density at radius 1 is 1.18 bits per heavy atom. The third kappa shape index (κ3) is 4.89. The molecule has 1 aromatic heterocycles. The van der Waals surface area contributed by atoms with E-state index in [9.17, 15) is 4.79 Å². The zero-order chi connectivity index (χ0) is 21.3. The van der Waals surface area contributed by atoms with Crippen molar-refractivity contribution < 1.29 is 14.3 Å². The number of H-pyrrole nitrogens is 1. The fourth-order valence-electron chi connectivity index (χ4n) is 3.47. The minimum absolute atomic E-state index is 0.0745. The molecule has 0 atom stereocenters. The zero-order valence-electron chi connectivity index (χ0n) is 19.0. The second-order valence-electron chi connectivity index (χ2n) is 9.57. The normalized spacial score (nSPS) is 18.2. The van der Waals surface area contributed by atoms with Gasteiger partial charge in [0.1, 0.15) is 22.8 Å². The molecular weight excluding hydrogens is 350 g/mol. The van der Waals surface area contributed by atoms with Crippen LogP contribution in [0.15, 0.2) is 18.1 Å². The molecule has 28 heavy (non-hydrogen) atoms. The van der Waals surface area contributed by atoms with Crippen molar-refractivity contribution in [2.75, 3.05) is 0 Å². The lowest BCUT2D eigenvalue weighted by Gasteiger charge is -2.19. The molecule has 0 radical (unpaired) electrons. The van der Waals surface area contributed by atoms with E-state index in [0.29, 0.717) is 5.69 Å². The van der Waals surface area contributed by atoms with Gasteiger partial charge in [-0.1, -0.05) is 40.2 Å². The Bertz CT molecular complexity index is 788. The van der Waals surface area contributed by atoms with E-state index in [0.717, 1.165) is 59.6 Å². The molecule has 0 aliphatic carbocycles. The molecule has 1 saturated heterocycles. The number of hydrogen-bond donors (Lipinski definition) is 1. The van der Waals surface area contributed by atoms with Crippen LogP contribution in [0.2, 0.25) is 0 Å². The zero-order valence-corrected chi connectivity index (χ0v) is 19.0. The fraction of sp³-hybridized carbons (Fsp3) is 0.625. The average molecular weight is 388 g/mol. The highest BCUT2D eigenvalue weighted by Crippen LogP contribution is 2.46. The number of hydrogen-bond acceptors (Lipinski definition) is 3. The van der Waals surface area contributed by atoms with Gasteiger partial charge in [0, 0.05) is 23.1 Å². The number of unbranched alkanes of at least 4 members (excludes halogenated alkanes) is 2. The van der Waals surface area contributed by atoms with E-state index in [-0.39, 0.29) is 11.4 Å². The van der Waals surface area contributed by atoms with E-state index in [1.807, 2.05) is 27.7 Å². The largest absolute Gasteiger partial charge is 0.466 e. The molecule has 156 valence electrons. The first-order valence-electron chi connectivity index (χ1n) is 10.4. The third-order valence-electron chi connectivity index (χ3n) is 5.44. The van der Waals surface area contributed by atoms with Crippen molar-refractivity contribution in [1.29, 1.82) is 0 Å². The standard InChI is InChI=1S/C24H37NO3/c1-10-11-12-13-18(19-14-24(8,9)17(4)27-19)20-15(2)16(3)21(25-20)22(26)28-23(5,6)7/h25H,4,10-14H2,1-3,5-9H3/b19-18+. The van der Waals surface area contributed by atoms with Crippen molar-refractivity contribution in [1.82, 2.24) is 4.98 Å². The molecule has 0 spiro atoms. The predicted molar refractivity (Wildman–Crippen MR) is 115 cm³/mol. The van der Waals surface area contributed by atoms with Crippen LogP contribution in [0.5, 0.6) is 0 Å².